The highest BCUT2D eigenvalue weighted by atomic mass is 32.2. The maximum absolute atomic E-state index is 12.2. The molecule has 2 aromatic rings. The molecule has 6 nitrogen and oxygen atoms in total. The molecule has 1 fully saturated rings. The molecule has 1 N–H and O–H groups in total. The van der Waals surface area contributed by atoms with Crippen LogP contribution in [0.3, 0.4) is 0 Å². The molecule has 1 saturated carbocycles. The lowest BCUT2D eigenvalue weighted by atomic mass is 9.95. The lowest BCUT2D eigenvalue weighted by molar-refractivity contribution is -0.119. The van der Waals surface area contributed by atoms with Crippen molar-refractivity contribution in [1.29, 1.82) is 0 Å². The number of ether oxygens (including phenoxy) is 1. The molecule has 1 aliphatic rings. The highest BCUT2D eigenvalue weighted by Crippen LogP contribution is 2.25. The van der Waals surface area contributed by atoms with Crippen LogP contribution in [-0.4, -0.2) is 39.1 Å². The zero-order chi connectivity index (χ0) is 19.8. The lowest BCUT2D eigenvalue weighted by Crippen LogP contribution is -2.37. The molecule has 3 rings (SSSR count). The molecule has 0 spiro atoms. The van der Waals surface area contributed by atoms with Crippen molar-refractivity contribution in [3.8, 4) is 17.1 Å². The highest BCUT2D eigenvalue weighted by Gasteiger charge is 2.17. The fourth-order valence-electron chi connectivity index (χ4n) is 3.37. The van der Waals surface area contributed by atoms with Crippen LogP contribution in [0, 0.1) is 0 Å². The van der Waals surface area contributed by atoms with Crippen LogP contribution in [0.2, 0.25) is 0 Å². The summed E-state index contributed by atoms with van der Waals surface area (Å²) in [4.78, 5) is 12.2. The number of aromatic nitrogens is 3. The summed E-state index contributed by atoms with van der Waals surface area (Å²) in [6.45, 7) is 2.89. The number of unbranched alkanes of at least 4 members (excludes halogenated alkanes) is 1. The minimum absolute atomic E-state index is 0.0787. The first kappa shape index (κ1) is 20.7. The molecule has 0 radical (unpaired) electrons. The fraction of sp³-hybridized carbons (Fsp3) is 0.571. The van der Waals surface area contributed by atoms with Gasteiger partial charge in [-0.25, -0.2) is 0 Å². The van der Waals surface area contributed by atoms with Gasteiger partial charge in [-0.1, -0.05) is 44.4 Å². The number of thioether (sulfide) groups is 1. The SMILES string of the molecule is CCCCOc1ccc(-c2nnc(SCC(=O)NC3CCCCC3)n2C)cc1. The summed E-state index contributed by atoms with van der Waals surface area (Å²) in [5.41, 5.74) is 0.983. The number of hydrogen-bond donors (Lipinski definition) is 1. The molecule has 0 aliphatic heterocycles. The van der Waals surface area contributed by atoms with Crippen LogP contribution in [0.15, 0.2) is 29.4 Å². The van der Waals surface area contributed by atoms with Crippen molar-refractivity contribution in [2.45, 2.75) is 63.1 Å². The molecule has 0 bridgehead atoms. The van der Waals surface area contributed by atoms with Crippen molar-refractivity contribution in [1.82, 2.24) is 20.1 Å². The Balaban J connectivity index is 1.53. The van der Waals surface area contributed by atoms with E-state index in [-0.39, 0.29) is 5.91 Å². The van der Waals surface area contributed by atoms with E-state index in [1.54, 1.807) is 0 Å². The summed E-state index contributed by atoms with van der Waals surface area (Å²) in [5.74, 6) is 2.10. The van der Waals surface area contributed by atoms with Gasteiger partial charge in [0.15, 0.2) is 11.0 Å². The predicted molar refractivity (Wildman–Crippen MR) is 113 cm³/mol. The molecule has 28 heavy (non-hydrogen) atoms. The van der Waals surface area contributed by atoms with Crippen molar-refractivity contribution < 1.29 is 9.53 Å². The highest BCUT2D eigenvalue weighted by molar-refractivity contribution is 7.99. The molecule has 1 aromatic carbocycles. The van der Waals surface area contributed by atoms with Gasteiger partial charge >= 0.3 is 0 Å². The van der Waals surface area contributed by atoms with E-state index in [0.29, 0.717) is 11.8 Å². The first-order valence-corrected chi connectivity index (χ1v) is 11.2. The van der Waals surface area contributed by atoms with Crippen molar-refractivity contribution >= 4 is 17.7 Å². The Kier molecular flexibility index (Phi) is 7.77. The van der Waals surface area contributed by atoms with Crippen LogP contribution in [0.25, 0.3) is 11.4 Å². The summed E-state index contributed by atoms with van der Waals surface area (Å²) >= 11 is 1.43. The van der Waals surface area contributed by atoms with E-state index in [0.717, 1.165) is 54.6 Å². The van der Waals surface area contributed by atoms with Crippen molar-refractivity contribution in [3.05, 3.63) is 24.3 Å². The Morgan fingerprint density at radius 3 is 2.68 bits per heavy atom. The van der Waals surface area contributed by atoms with Crippen LogP contribution in [0.1, 0.15) is 51.9 Å². The van der Waals surface area contributed by atoms with Gasteiger partial charge in [-0.15, -0.1) is 10.2 Å². The summed E-state index contributed by atoms with van der Waals surface area (Å²) in [7, 11) is 1.93. The van der Waals surface area contributed by atoms with Crippen LogP contribution in [-0.2, 0) is 11.8 Å². The summed E-state index contributed by atoms with van der Waals surface area (Å²) < 4.78 is 7.64. The third-order valence-electron chi connectivity index (χ3n) is 5.02. The second kappa shape index (κ2) is 10.5. The molecule has 0 atom stereocenters. The van der Waals surface area contributed by atoms with Gasteiger partial charge in [-0.05, 0) is 43.5 Å². The van der Waals surface area contributed by atoms with Crippen molar-refractivity contribution in [2.75, 3.05) is 12.4 Å². The summed E-state index contributed by atoms with van der Waals surface area (Å²) in [5, 5.41) is 12.5. The topological polar surface area (TPSA) is 69.0 Å². The molecule has 1 aliphatic carbocycles. The first-order valence-electron chi connectivity index (χ1n) is 10.2. The second-order valence-corrected chi connectivity index (χ2v) is 8.23. The van der Waals surface area contributed by atoms with Crippen LogP contribution in [0.4, 0.5) is 0 Å². The number of rotatable bonds is 9. The Bertz CT molecular complexity index is 754. The maximum atomic E-state index is 12.2. The van der Waals surface area contributed by atoms with E-state index in [1.165, 1.54) is 31.0 Å². The van der Waals surface area contributed by atoms with Gasteiger partial charge in [0.1, 0.15) is 5.75 Å². The molecule has 7 heteroatoms. The molecule has 152 valence electrons. The van der Waals surface area contributed by atoms with Gasteiger partial charge in [-0.2, -0.15) is 0 Å². The predicted octanol–water partition coefficient (Wildman–Crippen LogP) is 4.20. The minimum atomic E-state index is 0.0787. The molecule has 1 amide bonds. The van der Waals surface area contributed by atoms with E-state index in [9.17, 15) is 4.79 Å². The number of amides is 1. The van der Waals surface area contributed by atoms with Crippen LogP contribution >= 0.6 is 11.8 Å². The van der Waals surface area contributed by atoms with Gasteiger partial charge < -0.3 is 14.6 Å². The Morgan fingerprint density at radius 1 is 1.21 bits per heavy atom. The monoisotopic (exact) mass is 402 g/mol. The van der Waals surface area contributed by atoms with E-state index in [2.05, 4.69) is 22.4 Å². The maximum Gasteiger partial charge on any atom is 0.230 e. The molecule has 1 aromatic heterocycles. The van der Waals surface area contributed by atoms with Gasteiger partial charge in [0, 0.05) is 18.7 Å². The quantitative estimate of drug-likeness (QED) is 0.503. The van der Waals surface area contributed by atoms with Crippen molar-refractivity contribution in [3.63, 3.8) is 0 Å². The first-order chi connectivity index (χ1) is 13.7. The zero-order valence-corrected chi connectivity index (χ0v) is 17.6. The number of hydrogen-bond acceptors (Lipinski definition) is 5. The Labute approximate surface area is 171 Å². The smallest absolute Gasteiger partial charge is 0.230 e. The second-order valence-electron chi connectivity index (χ2n) is 7.28. The Morgan fingerprint density at radius 2 is 1.96 bits per heavy atom. The van der Waals surface area contributed by atoms with Gasteiger partial charge in [0.05, 0.1) is 12.4 Å². The average Bonchev–Trinajstić information content (AvgIpc) is 3.08. The molecular weight excluding hydrogens is 372 g/mol. The fourth-order valence-corrected chi connectivity index (χ4v) is 4.10. The van der Waals surface area contributed by atoms with Crippen molar-refractivity contribution in [2.24, 2.45) is 7.05 Å². The molecule has 0 unspecified atom stereocenters. The van der Waals surface area contributed by atoms with E-state index >= 15 is 0 Å². The minimum Gasteiger partial charge on any atom is -0.494 e. The van der Waals surface area contributed by atoms with E-state index in [1.807, 2.05) is 35.9 Å². The number of carbonyl (C=O) groups excluding carboxylic acids is 1. The van der Waals surface area contributed by atoms with Crippen LogP contribution < -0.4 is 10.1 Å². The molecule has 1 heterocycles. The molecular formula is C21H30N4O2S. The van der Waals surface area contributed by atoms with E-state index in [4.69, 9.17) is 4.74 Å². The number of nitrogens with one attached hydrogen (secondary N) is 1. The standard InChI is InChI=1S/C21H30N4O2S/c1-3-4-14-27-18-12-10-16(11-13-18)20-23-24-21(25(20)2)28-15-19(26)22-17-8-6-5-7-9-17/h10-13,17H,3-9,14-15H2,1-2H3,(H,22,26). The largest absolute Gasteiger partial charge is 0.494 e. The van der Waals surface area contributed by atoms with Gasteiger partial charge in [0.2, 0.25) is 5.91 Å². The lowest BCUT2D eigenvalue weighted by Gasteiger charge is -2.22. The average molecular weight is 403 g/mol. The van der Waals surface area contributed by atoms with Gasteiger partial charge in [-0.3, -0.25) is 4.79 Å². The third kappa shape index (κ3) is 5.74. The third-order valence-corrected chi connectivity index (χ3v) is 6.04. The van der Waals surface area contributed by atoms with Crippen LogP contribution in [0.5, 0.6) is 5.75 Å². The number of nitrogens with zero attached hydrogens (tertiary/aromatic N) is 3. The number of benzene rings is 1. The normalized spacial score (nSPS) is 14.8. The number of carbonyl (C=O) groups is 1. The summed E-state index contributed by atoms with van der Waals surface area (Å²) in [6.07, 6.45) is 8.09. The Hall–Kier alpha value is -2.02. The molecule has 0 saturated heterocycles. The zero-order valence-electron chi connectivity index (χ0n) is 16.8. The summed E-state index contributed by atoms with van der Waals surface area (Å²) in [6, 6.07) is 8.26. The van der Waals surface area contributed by atoms with Gasteiger partial charge in [0.25, 0.3) is 0 Å². The van der Waals surface area contributed by atoms with E-state index < -0.39 is 0 Å².